The first kappa shape index (κ1) is 31.3. The number of oxime groups is 1. The van der Waals surface area contributed by atoms with E-state index in [0.29, 0.717) is 11.1 Å². The zero-order valence-electron chi connectivity index (χ0n) is 20.8. The highest BCUT2D eigenvalue weighted by Crippen LogP contribution is 2.23. The molecule has 0 aliphatic carbocycles. The molecule has 216 valence electrons. The number of benzene rings is 1. The topological polar surface area (TPSA) is 235 Å². The van der Waals surface area contributed by atoms with Gasteiger partial charge in [-0.2, -0.15) is 13.2 Å². The lowest BCUT2D eigenvalue weighted by atomic mass is 10.1. The summed E-state index contributed by atoms with van der Waals surface area (Å²) in [4.78, 5) is 43.4. The van der Waals surface area contributed by atoms with E-state index < -0.39 is 45.8 Å². The molecule has 18 heteroatoms. The quantitative estimate of drug-likeness (QED) is 0.141. The van der Waals surface area contributed by atoms with Crippen molar-refractivity contribution >= 4 is 44.4 Å². The molecule has 2 aromatic heterocycles. The Morgan fingerprint density at radius 3 is 2.27 bits per heavy atom. The van der Waals surface area contributed by atoms with Crippen molar-refractivity contribution in [2.75, 3.05) is 4.72 Å². The number of rotatable bonds is 8. The Bertz CT molecular complexity index is 1600. The third-order valence-electron chi connectivity index (χ3n) is 5.03. The van der Waals surface area contributed by atoms with E-state index in [1.807, 2.05) is 0 Å². The van der Waals surface area contributed by atoms with E-state index in [2.05, 4.69) is 14.9 Å². The van der Waals surface area contributed by atoms with Gasteiger partial charge in [-0.3, -0.25) is 23.9 Å². The first-order valence-corrected chi connectivity index (χ1v) is 12.4. The highest BCUT2D eigenvalue weighted by atomic mass is 32.2. The van der Waals surface area contributed by atoms with Gasteiger partial charge < -0.3 is 27.1 Å². The van der Waals surface area contributed by atoms with Gasteiger partial charge in [0.05, 0.1) is 5.52 Å². The van der Waals surface area contributed by atoms with E-state index in [1.165, 1.54) is 31.3 Å². The summed E-state index contributed by atoms with van der Waals surface area (Å²) in [5.41, 5.74) is 15.5. The number of guanidine groups is 1. The van der Waals surface area contributed by atoms with Crippen LogP contribution in [0.3, 0.4) is 0 Å². The van der Waals surface area contributed by atoms with Crippen LogP contribution in [0, 0.1) is 6.92 Å². The van der Waals surface area contributed by atoms with E-state index in [4.69, 9.17) is 31.9 Å². The number of anilines is 1. The van der Waals surface area contributed by atoms with Crippen molar-refractivity contribution in [1.29, 1.82) is 0 Å². The minimum Gasteiger partial charge on any atom is -0.475 e. The van der Waals surface area contributed by atoms with Gasteiger partial charge in [0.2, 0.25) is 11.9 Å². The molecular weight excluding hydrogens is 563 g/mol. The zero-order valence-corrected chi connectivity index (χ0v) is 21.6. The Morgan fingerprint density at radius 2 is 1.73 bits per heavy atom. The molecule has 0 aliphatic rings. The van der Waals surface area contributed by atoms with Crippen LogP contribution in [-0.2, 0) is 24.4 Å². The average Bonchev–Trinajstić information content (AvgIpc) is 2.86. The Hall–Kier alpha value is -4.87. The highest BCUT2D eigenvalue weighted by molar-refractivity contribution is 7.93. The third kappa shape index (κ3) is 7.59. The average molecular weight is 588 g/mol. The molecule has 0 fully saturated rings. The number of amides is 1. The Kier molecular flexibility index (Phi) is 9.66. The Morgan fingerprint density at radius 1 is 1.12 bits per heavy atom. The third-order valence-corrected chi connectivity index (χ3v) is 6.43. The van der Waals surface area contributed by atoms with Crippen LogP contribution in [0.25, 0.3) is 10.9 Å². The van der Waals surface area contributed by atoms with Crippen molar-refractivity contribution in [2.24, 2.45) is 22.4 Å². The Balaban J connectivity index is 0.000000708. The number of halogens is 3. The second-order valence-electron chi connectivity index (χ2n) is 7.98. The fourth-order valence-electron chi connectivity index (χ4n) is 3.33. The van der Waals surface area contributed by atoms with Gasteiger partial charge in [-0.15, -0.1) is 0 Å². The van der Waals surface area contributed by atoms with E-state index in [9.17, 15) is 31.2 Å². The molecule has 0 radical (unpaired) electrons. The van der Waals surface area contributed by atoms with Crippen LogP contribution in [0.15, 0.2) is 63.5 Å². The summed E-state index contributed by atoms with van der Waals surface area (Å²) < 4.78 is 61.3. The number of alkyl halides is 3. The predicted molar refractivity (Wildman–Crippen MR) is 136 cm³/mol. The second-order valence-corrected chi connectivity index (χ2v) is 9.63. The first-order chi connectivity index (χ1) is 18.5. The molecule has 2 unspecified atom stereocenters. The number of hydrogen-bond acceptors (Lipinski definition) is 8. The summed E-state index contributed by atoms with van der Waals surface area (Å²) in [5, 5.41) is 11.1. The summed E-state index contributed by atoms with van der Waals surface area (Å²) in [6, 6.07) is 9.49. The molecule has 3 aromatic rings. The highest BCUT2D eigenvalue weighted by Gasteiger charge is 2.38. The molecule has 0 aliphatic heterocycles. The largest absolute Gasteiger partial charge is 0.490 e. The van der Waals surface area contributed by atoms with Crippen molar-refractivity contribution in [3.63, 3.8) is 0 Å². The number of carboxylic acid groups (broad SMARTS) is 1. The number of carbonyl (C=O) groups is 2. The number of para-hydroxylation sites is 1. The smallest absolute Gasteiger partial charge is 0.475 e. The zero-order chi connectivity index (χ0) is 30.4. The van der Waals surface area contributed by atoms with Gasteiger partial charge in [0, 0.05) is 17.3 Å². The van der Waals surface area contributed by atoms with Crippen LogP contribution >= 0.6 is 0 Å². The van der Waals surface area contributed by atoms with Gasteiger partial charge in [-0.05, 0) is 43.3 Å². The number of carboxylic acids is 1. The molecule has 0 spiro atoms. The van der Waals surface area contributed by atoms with Gasteiger partial charge in [-0.1, -0.05) is 18.2 Å². The number of nitrogens with zero attached hydrogens (tertiary/aromatic N) is 3. The number of pyridine rings is 2. The van der Waals surface area contributed by atoms with Crippen molar-refractivity contribution in [1.82, 2.24) is 9.55 Å². The summed E-state index contributed by atoms with van der Waals surface area (Å²) in [7, 11) is -4.21. The van der Waals surface area contributed by atoms with Gasteiger partial charge in [0.1, 0.15) is 10.6 Å². The number of sulfonamides is 1. The van der Waals surface area contributed by atoms with Crippen LogP contribution < -0.4 is 27.5 Å². The number of aliphatic carboxylic acids is 1. The summed E-state index contributed by atoms with van der Waals surface area (Å²) in [6.07, 6.45) is -4.66. The molecule has 14 nitrogen and oxygen atoms in total. The van der Waals surface area contributed by atoms with Crippen LogP contribution in [0.1, 0.15) is 18.7 Å². The Labute approximate surface area is 224 Å². The number of nitrogens with one attached hydrogen (secondary N) is 1. The van der Waals surface area contributed by atoms with Crippen molar-refractivity contribution < 1.29 is 41.1 Å². The standard InChI is InChI=1S/C20H23N7O5S.C2HF3O2/c1-11-8-9-14(19(29)27(11)17(18(21)28)12(2)32-25-20(22)23)26-33(30,31)15-7-3-5-13-6-4-10-24-16(13)15;3-2(4,5)1(6)7/h3-10,12,17,26H,1-2H3,(H2,21,28)(H4,22,23,25);(H,6,7). The van der Waals surface area contributed by atoms with Gasteiger partial charge >= 0.3 is 12.1 Å². The van der Waals surface area contributed by atoms with E-state index in [1.54, 1.807) is 31.2 Å². The SMILES string of the molecule is Cc1ccc(NS(=O)(=O)c2cccc3cccnc23)c(=O)n1C(C(N)=O)C(C)ON=C(N)N.O=C(O)C(F)(F)F. The number of aryl methyl sites for hydroxylation is 1. The van der Waals surface area contributed by atoms with Gasteiger partial charge in [-0.25, -0.2) is 13.2 Å². The van der Waals surface area contributed by atoms with Crippen LogP contribution in [0.2, 0.25) is 0 Å². The number of carbonyl (C=O) groups excluding carboxylic acids is 1. The first-order valence-electron chi connectivity index (χ1n) is 10.9. The molecule has 40 heavy (non-hydrogen) atoms. The van der Waals surface area contributed by atoms with Gasteiger partial charge in [0.25, 0.3) is 15.6 Å². The van der Waals surface area contributed by atoms with Gasteiger partial charge in [0.15, 0.2) is 12.1 Å². The molecule has 1 amide bonds. The minimum absolute atomic E-state index is 0.108. The molecule has 8 N–H and O–H groups in total. The molecule has 1 aromatic carbocycles. The van der Waals surface area contributed by atoms with Crippen LogP contribution in [0.5, 0.6) is 0 Å². The molecule has 3 rings (SSSR count). The molecule has 0 saturated carbocycles. The number of nitrogens with two attached hydrogens (primary N) is 3. The minimum atomic E-state index is -5.08. The predicted octanol–water partition coefficient (Wildman–Crippen LogP) is 0.759. The number of hydrogen-bond donors (Lipinski definition) is 5. The van der Waals surface area contributed by atoms with Crippen LogP contribution in [-0.4, -0.2) is 53.2 Å². The lowest BCUT2D eigenvalue weighted by Gasteiger charge is -2.24. The second kappa shape index (κ2) is 12.3. The maximum Gasteiger partial charge on any atom is 0.490 e. The summed E-state index contributed by atoms with van der Waals surface area (Å²) in [5.74, 6) is -4.05. The fourth-order valence-corrected chi connectivity index (χ4v) is 4.57. The molecule has 2 heterocycles. The lowest BCUT2D eigenvalue weighted by molar-refractivity contribution is -0.192. The molecule has 0 bridgehead atoms. The maximum absolute atomic E-state index is 13.2. The van der Waals surface area contributed by atoms with E-state index in [-0.39, 0.29) is 22.1 Å². The normalized spacial score (nSPS) is 12.8. The summed E-state index contributed by atoms with van der Waals surface area (Å²) in [6.45, 7) is 2.99. The monoisotopic (exact) mass is 587 g/mol. The van der Waals surface area contributed by atoms with Crippen molar-refractivity contribution in [2.45, 2.75) is 37.1 Å². The molecular formula is C22H24F3N7O7S. The van der Waals surface area contributed by atoms with Crippen LogP contribution in [0.4, 0.5) is 18.9 Å². The number of primary amides is 1. The number of fused-ring (bicyclic) bond motifs is 1. The number of aromatic nitrogens is 2. The van der Waals surface area contributed by atoms with Crippen molar-refractivity contribution in [3.8, 4) is 0 Å². The lowest BCUT2D eigenvalue weighted by Crippen LogP contribution is -2.42. The van der Waals surface area contributed by atoms with E-state index >= 15 is 0 Å². The van der Waals surface area contributed by atoms with E-state index in [0.717, 1.165) is 4.57 Å². The maximum atomic E-state index is 13.2. The summed E-state index contributed by atoms with van der Waals surface area (Å²) >= 11 is 0. The van der Waals surface area contributed by atoms with Crippen molar-refractivity contribution in [3.05, 3.63) is 64.7 Å². The fraction of sp³-hybridized carbons (Fsp3) is 0.227. The molecule has 0 saturated heterocycles. The molecule has 2 atom stereocenters.